The molecular formula is C22H20N2O4S. The van der Waals surface area contributed by atoms with Crippen molar-refractivity contribution in [3.8, 4) is 6.07 Å². The van der Waals surface area contributed by atoms with Crippen molar-refractivity contribution in [2.75, 3.05) is 11.9 Å². The number of thiophene rings is 1. The first kappa shape index (κ1) is 19.2. The number of rotatable bonds is 5. The Balaban J connectivity index is 1.35. The van der Waals surface area contributed by atoms with Gasteiger partial charge in [0.15, 0.2) is 6.61 Å². The summed E-state index contributed by atoms with van der Waals surface area (Å²) in [4.78, 5) is 25.6. The van der Waals surface area contributed by atoms with E-state index in [4.69, 9.17) is 9.15 Å². The Bertz CT molecular complexity index is 1140. The lowest BCUT2D eigenvalue weighted by molar-refractivity contribution is -0.146. The second kappa shape index (κ2) is 8.10. The molecule has 29 heavy (non-hydrogen) atoms. The van der Waals surface area contributed by atoms with Crippen LogP contribution in [0.4, 0.5) is 5.00 Å². The normalized spacial score (nSPS) is 13.0. The smallest absolute Gasteiger partial charge is 0.310 e. The van der Waals surface area contributed by atoms with Gasteiger partial charge in [0.05, 0.1) is 18.2 Å². The number of anilines is 1. The van der Waals surface area contributed by atoms with Gasteiger partial charge in [0.25, 0.3) is 5.91 Å². The lowest BCUT2D eigenvalue weighted by Crippen LogP contribution is -2.21. The molecule has 0 bridgehead atoms. The first-order valence-corrected chi connectivity index (χ1v) is 10.3. The summed E-state index contributed by atoms with van der Waals surface area (Å²) >= 11 is 1.45. The van der Waals surface area contributed by atoms with E-state index in [1.54, 1.807) is 6.26 Å². The zero-order chi connectivity index (χ0) is 20.4. The molecule has 6 nitrogen and oxygen atoms in total. The molecule has 1 aromatic carbocycles. The maximum atomic E-state index is 12.2. The van der Waals surface area contributed by atoms with E-state index in [-0.39, 0.29) is 13.0 Å². The van der Waals surface area contributed by atoms with E-state index < -0.39 is 11.9 Å². The van der Waals surface area contributed by atoms with Crippen LogP contribution < -0.4 is 5.32 Å². The SMILES string of the molecule is Cc1ccc2c(CC(=O)OCC(=O)Nc3sc4c(c3C#N)CCCC4)coc2c1. The molecule has 0 fully saturated rings. The molecule has 0 spiro atoms. The van der Waals surface area contributed by atoms with Crippen LogP contribution in [-0.2, 0) is 33.6 Å². The molecular weight excluding hydrogens is 388 g/mol. The Hall–Kier alpha value is -3.11. The third-order valence-electron chi connectivity index (χ3n) is 5.05. The monoisotopic (exact) mass is 408 g/mol. The van der Waals surface area contributed by atoms with Gasteiger partial charge in [-0.15, -0.1) is 11.3 Å². The highest BCUT2D eigenvalue weighted by Gasteiger charge is 2.22. The van der Waals surface area contributed by atoms with Crippen LogP contribution in [0, 0.1) is 18.3 Å². The highest BCUT2D eigenvalue weighted by atomic mass is 32.1. The fourth-order valence-electron chi connectivity index (χ4n) is 3.61. The van der Waals surface area contributed by atoms with Gasteiger partial charge in [-0.05, 0) is 49.8 Å². The second-order valence-corrected chi connectivity index (χ2v) is 8.28. The quantitative estimate of drug-likeness (QED) is 0.636. The Morgan fingerprint density at radius 3 is 2.97 bits per heavy atom. The minimum Gasteiger partial charge on any atom is -0.464 e. The lowest BCUT2D eigenvalue weighted by atomic mass is 9.96. The van der Waals surface area contributed by atoms with Crippen LogP contribution in [0.5, 0.6) is 0 Å². The summed E-state index contributed by atoms with van der Waals surface area (Å²) in [7, 11) is 0. The summed E-state index contributed by atoms with van der Waals surface area (Å²) in [6, 6.07) is 7.97. The number of nitrogens with one attached hydrogen (secondary N) is 1. The van der Waals surface area contributed by atoms with Crippen LogP contribution in [0.3, 0.4) is 0 Å². The summed E-state index contributed by atoms with van der Waals surface area (Å²) in [5.74, 6) is -0.949. The number of hydrogen-bond acceptors (Lipinski definition) is 6. The maximum Gasteiger partial charge on any atom is 0.310 e. The summed E-state index contributed by atoms with van der Waals surface area (Å²) in [6.45, 7) is 1.58. The fourth-order valence-corrected chi connectivity index (χ4v) is 4.87. The van der Waals surface area contributed by atoms with Crippen LogP contribution in [0.1, 0.15) is 40.0 Å². The van der Waals surface area contributed by atoms with Crippen molar-refractivity contribution in [1.29, 1.82) is 5.26 Å². The molecule has 2 aromatic heterocycles. The van der Waals surface area contributed by atoms with Gasteiger partial charge in [0.2, 0.25) is 0 Å². The van der Waals surface area contributed by atoms with Gasteiger partial charge < -0.3 is 14.5 Å². The number of nitriles is 1. The number of hydrogen-bond donors (Lipinski definition) is 1. The molecule has 0 saturated carbocycles. The van der Waals surface area contributed by atoms with Crippen LogP contribution in [0.15, 0.2) is 28.9 Å². The topological polar surface area (TPSA) is 92.3 Å². The molecule has 1 aliphatic carbocycles. The number of aryl methyl sites for hydroxylation is 2. The number of nitrogens with zero attached hydrogens (tertiary/aromatic N) is 1. The number of furan rings is 1. The molecule has 3 aromatic rings. The zero-order valence-electron chi connectivity index (χ0n) is 16.0. The molecule has 0 unspecified atom stereocenters. The molecule has 7 heteroatoms. The zero-order valence-corrected chi connectivity index (χ0v) is 16.9. The fraction of sp³-hybridized carbons (Fsp3) is 0.318. The highest BCUT2D eigenvalue weighted by Crippen LogP contribution is 2.37. The van der Waals surface area contributed by atoms with Gasteiger partial charge in [-0.25, -0.2) is 0 Å². The van der Waals surface area contributed by atoms with E-state index in [1.807, 2.05) is 25.1 Å². The molecule has 1 amide bonds. The van der Waals surface area contributed by atoms with Crippen molar-refractivity contribution in [2.24, 2.45) is 0 Å². The number of carbonyl (C=O) groups is 2. The van der Waals surface area contributed by atoms with Gasteiger partial charge in [0, 0.05) is 15.8 Å². The number of ether oxygens (including phenoxy) is 1. The molecule has 0 radical (unpaired) electrons. The minimum absolute atomic E-state index is 0.0279. The number of carbonyl (C=O) groups excluding carboxylic acids is 2. The Labute approximate surface area is 172 Å². The predicted octanol–water partition coefficient (Wildman–Crippen LogP) is 4.28. The van der Waals surface area contributed by atoms with Crippen LogP contribution in [0.25, 0.3) is 11.0 Å². The third-order valence-corrected chi connectivity index (χ3v) is 6.25. The summed E-state index contributed by atoms with van der Waals surface area (Å²) < 4.78 is 10.6. The predicted molar refractivity (Wildman–Crippen MR) is 110 cm³/mol. The number of amides is 1. The maximum absolute atomic E-state index is 12.2. The molecule has 0 saturated heterocycles. The van der Waals surface area contributed by atoms with Crippen molar-refractivity contribution >= 4 is 39.2 Å². The molecule has 148 valence electrons. The van der Waals surface area contributed by atoms with Crippen LogP contribution in [0.2, 0.25) is 0 Å². The van der Waals surface area contributed by atoms with Crippen molar-refractivity contribution in [3.63, 3.8) is 0 Å². The molecule has 2 heterocycles. The van der Waals surface area contributed by atoms with Crippen molar-refractivity contribution in [3.05, 3.63) is 51.6 Å². The number of benzene rings is 1. The van der Waals surface area contributed by atoms with E-state index in [0.717, 1.165) is 53.3 Å². The molecule has 0 aliphatic heterocycles. The van der Waals surface area contributed by atoms with E-state index in [9.17, 15) is 14.9 Å². The average Bonchev–Trinajstić information content (AvgIpc) is 3.26. The number of fused-ring (bicyclic) bond motifs is 2. The molecule has 4 rings (SSSR count). The molecule has 1 N–H and O–H groups in total. The minimum atomic E-state index is -0.505. The van der Waals surface area contributed by atoms with Gasteiger partial charge in [0.1, 0.15) is 16.7 Å². The Morgan fingerprint density at radius 1 is 1.31 bits per heavy atom. The van der Waals surface area contributed by atoms with Gasteiger partial charge in [-0.3, -0.25) is 9.59 Å². The largest absolute Gasteiger partial charge is 0.464 e. The van der Waals surface area contributed by atoms with E-state index >= 15 is 0 Å². The Kier molecular flexibility index (Phi) is 5.36. The highest BCUT2D eigenvalue weighted by molar-refractivity contribution is 7.16. The van der Waals surface area contributed by atoms with E-state index in [2.05, 4.69) is 11.4 Å². The van der Waals surface area contributed by atoms with E-state index in [1.165, 1.54) is 16.2 Å². The summed E-state index contributed by atoms with van der Waals surface area (Å²) in [5.41, 5.74) is 4.12. The summed E-state index contributed by atoms with van der Waals surface area (Å²) in [5, 5.41) is 13.6. The first-order chi connectivity index (χ1) is 14.0. The number of esters is 1. The molecule has 0 atom stereocenters. The Morgan fingerprint density at radius 2 is 2.14 bits per heavy atom. The van der Waals surface area contributed by atoms with E-state index in [0.29, 0.717) is 10.6 Å². The van der Waals surface area contributed by atoms with Gasteiger partial charge >= 0.3 is 5.97 Å². The van der Waals surface area contributed by atoms with Gasteiger partial charge in [-0.2, -0.15) is 5.26 Å². The van der Waals surface area contributed by atoms with Crippen molar-refractivity contribution < 1.29 is 18.7 Å². The van der Waals surface area contributed by atoms with Crippen molar-refractivity contribution in [1.82, 2.24) is 0 Å². The van der Waals surface area contributed by atoms with Crippen LogP contribution >= 0.6 is 11.3 Å². The molecule has 1 aliphatic rings. The lowest BCUT2D eigenvalue weighted by Gasteiger charge is -2.09. The second-order valence-electron chi connectivity index (χ2n) is 7.17. The first-order valence-electron chi connectivity index (χ1n) is 9.52. The average molecular weight is 408 g/mol. The standard InChI is InChI=1S/C22H20N2O4S/c1-13-6-7-15-14(11-27-18(15)8-13)9-21(26)28-12-20(25)24-22-17(10-23)16-4-2-3-5-19(16)29-22/h6-8,11H,2-5,9,12H2,1H3,(H,24,25). The van der Waals surface area contributed by atoms with Crippen LogP contribution in [-0.4, -0.2) is 18.5 Å². The van der Waals surface area contributed by atoms with Gasteiger partial charge in [-0.1, -0.05) is 12.1 Å². The third kappa shape index (κ3) is 4.03. The van der Waals surface area contributed by atoms with Crippen molar-refractivity contribution in [2.45, 2.75) is 39.0 Å². The summed E-state index contributed by atoms with van der Waals surface area (Å²) in [6.07, 6.45) is 5.55.